The van der Waals surface area contributed by atoms with E-state index >= 15 is 0 Å². The van der Waals surface area contributed by atoms with Gasteiger partial charge in [0.15, 0.2) is 28.8 Å². The number of aromatic nitrogens is 8. The van der Waals surface area contributed by atoms with Crippen LogP contribution in [0.25, 0.3) is 56.6 Å². The van der Waals surface area contributed by atoms with E-state index in [1.54, 1.807) is 0 Å². The molecule has 5 aromatic heterocycles. The van der Waals surface area contributed by atoms with Gasteiger partial charge in [-0.1, -0.05) is 78.3 Å². The molecule has 8 nitrogen and oxygen atoms in total. The molecular formula is C49H54N8+2. The van der Waals surface area contributed by atoms with Gasteiger partial charge in [-0.3, -0.25) is 0 Å². The van der Waals surface area contributed by atoms with Gasteiger partial charge in [0, 0.05) is 64.7 Å². The molecule has 0 spiro atoms. The highest BCUT2D eigenvalue weighted by Gasteiger charge is 2.56. The molecule has 2 unspecified atom stereocenters. The highest BCUT2D eigenvalue weighted by molar-refractivity contribution is 6.04. The predicted molar refractivity (Wildman–Crippen MR) is 227 cm³/mol. The van der Waals surface area contributed by atoms with Gasteiger partial charge < -0.3 is 4.57 Å². The molecule has 0 amide bonds. The average molecular weight is 755 g/mol. The van der Waals surface area contributed by atoms with E-state index in [9.17, 15) is 0 Å². The van der Waals surface area contributed by atoms with E-state index in [0.717, 1.165) is 79.3 Å². The molecule has 288 valence electrons. The van der Waals surface area contributed by atoms with Crippen LogP contribution in [0.1, 0.15) is 108 Å². The molecule has 0 bridgehead atoms. The monoisotopic (exact) mass is 754 g/mol. The van der Waals surface area contributed by atoms with Crippen molar-refractivity contribution in [2.24, 2.45) is 5.92 Å². The van der Waals surface area contributed by atoms with Crippen molar-refractivity contribution in [1.29, 1.82) is 0 Å². The van der Waals surface area contributed by atoms with Crippen LogP contribution in [0.5, 0.6) is 0 Å². The number of pyridine rings is 2. The lowest BCUT2D eigenvalue weighted by Gasteiger charge is -2.39. The number of allylic oxidation sites excluding steroid dienone is 1. The molecule has 1 aliphatic carbocycles. The molecule has 8 heteroatoms. The number of hydrogen-bond acceptors (Lipinski definition) is 4. The second-order valence-electron chi connectivity index (χ2n) is 17.6. The molecule has 2 aromatic carbocycles. The summed E-state index contributed by atoms with van der Waals surface area (Å²) in [5.74, 6) is 1.98. The minimum atomic E-state index is -0.212. The quantitative estimate of drug-likeness (QED) is 0.152. The maximum atomic E-state index is 5.31. The number of aryl methyl sites for hydroxylation is 1. The van der Waals surface area contributed by atoms with Crippen molar-refractivity contribution in [1.82, 2.24) is 29.3 Å². The number of benzene rings is 2. The number of hydrogen-bond donors (Lipinski definition) is 0. The maximum Gasteiger partial charge on any atom is 0.349 e. The molecule has 0 N–H and O–H groups in total. The minimum absolute atomic E-state index is 0.0720. The van der Waals surface area contributed by atoms with Gasteiger partial charge in [-0.15, -0.1) is 0 Å². The zero-order chi connectivity index (χ0) is 39.1. The fraction of sp³-hybridized carbons (Fsp3) is 0.388. The van der Waals surface area contributed by atoms with E-state index in [1.807, 2.05) is 12.3 Å². The van der Waals surface area contributed by atoms with Crippen molar-refractivity contribution in [2.45, 2.75) is 116 Å². The van der Waals surface area contributed by atoms with E-state index < -0.39 is 0 Å². The molecule has 2 aliphatic heterocycles. The summed E-state index contributed by atoms with van der Waals surface area (Å²) >= 11 is 0. The fourth-order valence-electron chi connectivity index (χ4n) is 10.6. The van der Waals surface area contributed by atoms with E-state index in [0.29, 0.717) is 0 Å². The third-order valence-corrected chi connectivity index (χ3v) is 13.4. The molecule has 3 aliphatic rings. The number of fused-ring (bicyclic) bond motifs is 12. The Morgan fingerprint density at radius 2 is 1.81 bits per heavy atom. The van der Waals surface area contributed by atoms with Crippen LogP contribution in [0.2, 0.25) is 0 Å². The van der Waals surface area contributed by atoms with Crippen LogP contribution in [0, 0.1) is 5.92 Å². The molecule has 0 radical (unpaired) electrons. The Morgan fingerprint density at radius 3 is 2.63 bits per heavy atom. The van der Waals surface area contributed by atoms with Gasteiger partial charge in [0.05, 0.1) is 24.2 Å². The SMILES string of the molecule is CCCCc1cccc(-n2c3c(c4c5c(ccc42)CC(C2Cn4nc(C(C)(C)C)nc4-c4cccc[n+]4C2(CC)CC)[n+]2c-5cnc4cccnc42)C=CCC3)c1. The summed E-state index contributed by atoms with van der Waals surface area (Å²) in [4.78, 5) is 15.6. The van der Waals surface area contributed by atoms with Crippen LogP contribution >= 0.6 is 0 Å². The number of unbranched alkanes of at least 4 members (excludes halogenated alkanes) is 1. The average Bonchev–Trinajstić information content (AvgIpc) is 3.80. The lowest BCUT2D eigenvalue weighted by Crippen LogP contribution is -2.65. The highest BCUT2D eigenvalue weighted by Crippen LogP contribution is 2.48. The highest BCUT2D eigenvalue weighted by atomic mass is 15.4. The molecule has 0 saturated carbocycles. The smallest absolute Gasteiger partial charge is 0.313 e. The van der Waals surface area contributed by atoms with Gasteiger partial charge in [0.25, 0.3) is 5.69 Å². The lowest BCUT2D eigenvalue weighted by atomic mass is 9.71. The fourth-order valence-corrected chi connectivity index (χ4v) is 10.6. The van der Waals surface area contributed by atoms with Crippen molar-refractivity contribution < 1.29 is 9.13 Å². The maximum absolute atomic E-state index is 5.31. The summed E-state index contributed by atoms with van der Waals surface area (Å²) < 4.78 is 9.94. The first kappa shape index (κ1) is 35.9. The first-order valence-corrected chi connectivity index (χ1v) is 21.3. The van der Waals surface area contributed by atoms with Crippen LogP contribution in [0.4, 0.5) is 0 Å². The number of nitrogens with zero attached hydrogens (tertiary/aromatic N) is 8. The Morgan fingerprint density at radius 1 is 0.930 bits per heavy atom. The Bertz CT molecular complexity index is 2720. The Balaban J connectivity index is 1.23. The zero-order valence-corrected chi connectivity index (χ0v) is 34.3. The van der Waals surface area contributed by atoms with Crippen LogP contribution < -0.4 is 9.13 Å². The second kappa shape index (κ2) is 13.6. The molecule has 10 rings (SSSR count). The van der Waals surface area contributed by atoms with Gasteiger partial charge in [-0.25, -0.2) is 19.2 Å². The zero-order valence-electron chi connectivity index (χ0n) is 34.3. The number of rotatable bonds is 7. The molecular weight excluding hydrogens is 701 g/mol. The van der Waals surface area contributed by atoms with Gasteiger partial charge in [0.1, 0.15) is 12.2 Å². The molecule has 7 aromatic rings. The summed E-state index contributed by atoms with van der Waals surface area (Å²) in [5, 5.41) is 6.64. The van der Waals surface area contributed by atoms with Crippen molar-refractivity contribution >= 4 is 28.1 Å². The standard InChI is InChI=1S/C49H54N8/c1-7-10-17-32-18-15-19-34(28-32)56-38-22-12-11-20-35(38)44-39(56)25-24-33-29-41(57-42(43(33)44)30-51-37-21-16-26-50-45(37)57)36-31-55-46(52-47(53-55)48(4,5)6)40-23-13-14-27-54(40)49(36,8-2)9-3/h11,13-16,18-21,23-28,30,36,41H,7-10,12,17,22,29,31H2,1-6H3/q+2. The Hall–Kier alpha value is -5.50. The molecule has 7 heterocycles. The van der Waals surface area contributed by atoms with Gasteiger partial charge in [-0.05, 0) is 78.2 Å². The van der Waals surface area contributed by atoms with Crippen LogP contribution in [0.3, 0.4) is 0 Å². The van der Waals surface area contributed by atoms with Crippen LogP contribution in [-0.4, -0.2) is 29.3 Å². The van der Waals surface area contributed by atoms with Crippen molar-refractivity contribution in [3.05, 3.63) is 120 Å². The minimum Gasteiger partial charge on any atom is -0.313 e. The molecule has 0 saturated heterocycles. The summed E-state index contributed by atoms with van der Waals surface area (Å²) in [5.41, 5.74) is 13.1. The second-order valence-corrected chi connectivity index (χ2v) is 17.6. The predicted octanol–water partition coefficient (Wildman–Crippen LogP) is 9.62. The van der Waals surface area contributed by atoms with Crippen molar-refractivity contribution in [2.75, 3.05) is 0 Å². The van der Waals surface area contributed by atoms with Crippen molar-refractivity contribution in [3.63, 3.8) is 0 Å². The van der Waals surface area contributed by atoms with Crippen LogP contribution in [0.15, 0.2) is 91.4 Å². The topological polar surface area (TPSA) is 69.2 Å². The molecule has 57 heavy (non-hydrogen) atoms. The third kappa shape index (κ3) is 5.46. The third-order valence-electron chi connectivity index (χ3n) is 13.4. The van der Waals surface area contributed by atoms with E-state index in [-0.39, 0.29) is 22.9 Å². The van der Waals surface area contributed by atoms with E-state index in [2.05, 4.69) is 145 Å². The largest absolute Gasteiger partial charge is 0.349 e. The lowest BCUT2D eigenvalue weighted by molar-refractivity contribution is -0.785. The summed E-state index contributed by atoms with van der Waals surface area (Å²) in [6, 6.07) is 24.9. The summed E-state index contributed by atoms with van der Waals surface area (Å²) in [6.45, 7) is 14.4. The first-order valence-electron chi connectivity index (χ1n) is 21.3. The van der Waals surface area contributed by atoms with Gasteiger partial charge in [0.2, 0.25) is 5.82 Å². The van der Waals surface area contributed by atoms with Crippen molar-refractivity contribution in [3.8, 4) is 28.5 Å². The van der Waals surface area contributed by atoms with E-state index in [4.69, 9.17) is 20.1 Å². The summed E-state index contributed by atoms with van der Waals surface area (Å²) in [6.07, 6.45) is 19.5. The van der Waals surface area contributed by atoms with Gasteiger partial charge >= 0.3 is 5.65 Å². The Labute approximate surface area is 336 Å². The molecule has 0 fully saturated rings. The Kier molecular flexibility index (Phi) is 8.54. The van der Waals surface area contributed by atoms with Gasteiger partial charge in [-0.2, -0.15) is 9.67 Å². The first-order chi connectivity index (χ1) is 27.8. The summed E-state index contributed by atoms with van der Waals surface area (Å²) in [7, 11) is 0. The normalized spacial score (nSPS) is 18.1. The van der Waals surface area contributed by atoms with E-state index in [1.165, 1.54) is 57.4 Å². The molecule has 2 atom stereocenters. The van der Waals surface area contributed by atoms with Crippen LogP contribution in [-0.2, 0) is 36.8 Å².